The highest BCUT2D eigenvalue weighted by atomic mass is 16.5. The summed E-state index contributed by atoms with van der Waals surface area (Å²) in [4.78, 5) is 0. The van der Waals surface area contributed by atoms with Gasteiger partial charge in [-0.1, -0.05) is 30.4 Å². The van der Waals surface area contributed by atoms with Crippen molar-refractivity contribution >= 4 is 17.5 Å². The average Bonchev–Trinajstić information content (AvgIpc) is 3.31. The fraction of sp³-hybridized carbons (Fsp3) is 0.185. The first-order valence-electron chi connectivity index (χ1n) is 10.6. The maximum Gasteiger partial charge on any atom is 0.123 e. The molecule has 33 heavy (non-hydrogen) atoms. The van der Waals surface area contributed by atoms with Crippen LogP contribution in [0, 0.1) is 0 Å². The van der Waals surface area contributed by atoms with E-state index >= 15 is 0 Å². The summed E-state index contributed by atoms with van der Waals surface area (Å²) in [6, 6.07) is 21.8. The Balaban J connectivity index is 1.70. The molecule has 0 aliphatic carbocycles. The summed E-state index contributed by atoms with van der Waals surface area (Å²) in [6.45, 7) is 0. The number of hydrogen-bond donors (Lipinski definition) is 1. The summed E-state index contributed by atoms with van der Waals surface area (Å²) in [7, 11) is 6.61. The van der Waals surface area contributed by atoms with Gasteiger partial charge in [-0.15, -0.1) is 0 Å². The van der Waals surface area contributed by atoms with Gasteiger partial charge in [-0.3, -0.25) is 5.01 Å². The van der Waals surface area contributed by atoms with Gasteiger partial charge in [-0.2, -0.15) is 0 Å². The summed E-state index contributed by atoms with van der Waals surface area (Å²) >= 11 is 0. The Morgan fingerprint density at radius 1 is 0.727 bits per heavy atom. The summed E-state index contributed by atoms with van der Waals surface area (Å²) in [5.41, 5.74) is 7.59. The first kappa shape index (κ1) is 22.3. The van der Waals surface area contributed by atoms with E-state index in [1.807, 2.05) is 54.6 Å². The minimum absolute atomic E-state index is 0.0328. The van der Waals surface area contributed by atoms with Crippen LogP contribution in [0.15, 0.2) is 78.9 Å². The van der Waals surface area contributed by atoms with Crippen LogP contribution in [0.3, 0.4) is 0 Å². The number of hydrazine groups is 1. The molecule has 170 valence electrons. The van der Waals surface area contributed by atoms with E-state index < -0.39 is 0 Å². The second kappa shape index (κ2) is 10.1. The topological polar surface area (TPSA) is 52.2 Å². The van der Waals surface area contributed by atoms with Crippen LogP contribution < -0.4 is 29.4 Å². The third kappa shape index (κ3) is 5.13. The van der Waals surface area contributed by atoms with Crippen molar-refractivity contribution < 1.29 is 18.9 Å². The fourth-order valence-electron chi connectivity index (χ4n) is 3.71. The maximum absolute atomic E-state index is 5.49. The van der Waals surface area contributed by atoms with Crippen LogP contribution in [0.5, 0.6) is 23.0 Å². The van der Waals surface area contributed by atoms with Gasteiger partial charge in [0.25, 0.3) is 0 Å². The van der Waals surface area contributed by atoms with E-state index in [-0.39, 0.29) is 6.04 Å². The third-order valence-electron chi connectivity index (χ3n) is 5.39. The highest BCUT2D eigenvalue weighted by Crippen LogP contribution is 2.34. The second-order valence-electron chi connectivity index (χ2n) is 7.48. The zero-order valence-corrected chi connectivity index (χ0v) is 19.2. The molecule has 3 aromatic rings. The maximum atomic E-state index is 5.49. The summed E-state index contributed by atoms with van der Waals surface area (Å²) in [5, 5.41) is 2.08. The lowest BCUT2D eigenvalue weighted by Gasteiger charge is -2.24. The van der Waals surface area contributed by atoms with E-state index in [4.69, 9.17) is 18.9 Å². The molecule has 1 heterocycles. The third-order valence-corrected chi connectivity index (χ3v) is 5.39. The minimum Gasteiger partial charge on any atom is -0.497 e. The van der Waals surface area contributed by atoms with Crippen molar-refractivity contribution in [1.82, 2.24) is 5.43 Å². The van der Waals surface area contributed by atoms with Crippen LogP contribution in [-0.4, -0.2) is 34.5 Å². The molecule has 3 aromatic carbocycles. The molecule has 1 atom stereocenters. The number of ether oxygens (including phenoxy) is 4. The second-order valence-corrected chi connectivity index (χ2v) is 7.48. The molecular formula is C27H28N2O4. The van der Waals surface area contributed by atoms with Gasteiger partial charge in [0, 0.05) is 17.7 Å². The van der Waals surface area contributed by atoms with Crippen molar-refractivity contribution in [3.63, 3.8) is 0 Å². The lowest BCUT2D eigenvalue weighted by molar-refractivity contribution is 0.394. The summed E-state index contributed by atoms with van der Waals surface area (Å²) in [6.07, 6.45) is 6.33. The number of para-hydroxylation sites is 1. The number of nitrogens with one attached hydrogen (secondary N) is 1. The number of anilines is 1. The number of rotatable bonds is 8. The Morgan fingerprint density at radius 2 is 1.27 bits per heavy atom. The van der Waals surface area contributed by atoms with Gasteiger partial charge in [-0.25, -0.2) is 5.43 Å². The normalized spacial score (nSPS) is 15.5. The summed E-state index contributed by atoms with van der Waals surface area (Å²) < 4.78 is 21.8. The molecule has 4 rings (SSSR count). The van der Waals surface area contributed by atoms with Gasteiger partial charge in [-0.05, 0) is 48.0 Å². The molecule has 0 spiro atoms. The average molecular weight is 445 g/mol. The highest BCUT2D eigenvalue weighted by molar-refractivity contribution is 5.82. The molecule has 1 N–H and O–H groups in total. The van der Waals surface area contributed by atoms with Crippen molar-refractivity contribution in [3.8, 4) is 23.0 Å². The molecule has 0 amide bonds. The van der Waals surface area contributed by atoms with E-state index in [0.717, 1.165) is 45.5 Å². The van der Waals surface area contributed by atoms with Gasteiger partial charge >= 0.3 is 0 Å². The predicted molar refractivity (Wildman–Crippen MR) is 132 cm³/mol. The van der Waals surface area contributed by atoms with Crippen LogP contribution in [0.2, 0.25) is 0 Å². The first-order valence-corrected chi connectivity index (χ1v) is 10.6. The largest absolute Gasteiger partial charge is 0.497 e. The Morgan fingerprint density at radius 3 is 1.82 bits per heavy atom. The number of hydrogen-bond acceptors (Lipinski definition) is 6. The standard InChI is InChI=1S/C27H28N2O4/c1-30-23-12-19(13-24(17-23)31-2)10-11-21-16-27(29(28-21)22-8-6-5-7-9-22)20-14-25(32-3)18-26(15-20)33-4/h5-18,21,28H,1-4H3. The van der Waals surface area contributed by atoms with Gasteiger partial charge in [0.15, 0.2) is 0 Å². The van der Waals surface area contributed by atoms with Crippen LogP contribution in [-0.2, 0) is 0 Å². The van der Waals surface area contributed by atoms with E-state index in [0.29, 0.717) is 0 Å². The Kier molecular flexibility index (Phi) is 6.86. The monoisotopic (exact) mass is 444 g/mol. The van der Waals surface area contributed by atoms with E-state index in [9.17, 15) is 0 Å². The van der Waals surface area contributed by atoms with Gasteiger partial charge in [0.1, 0.15) is 23.0 Å². The quantitative estimate of drug-likeness (QED) is 0.517. The Bertz CT molecular complexity index is 1110. The Labute approximate surface area is 194 Å². The molecule has 1 unspecified atom stereocenters. The molecule has 0 saturated heterocycles. The molecule has 0 saturated carbocycles. The molecule has 0 aromatic heterocycles. The van der Waals surface area contributed by atoms with Gasteiger partial charge < -0.3 is 18.9 Å². The molecule has 1 aliphatic heterocycles. The zero-order chi connectivity index (χ0) is 23.2. The smallest absolute Gasteiger partial charge is 0.123 e. The lowest BCUT2D eigenvalue weighted by Crippen LogP contribution is -2.35. The zero-order valence-electron chi connectivity index (χ0n) is 19.2. The molecule has 1 aliphatic rings. The van der Waals surface area contributed by atoms with Crippen LogP contribution >= 0.6 is 0 Å². The van der Waals surface area contributed by atoms with Crippen LogP contribution in [0.4, 0.5) is 5.69 Å². The van der Waals surface area contributed by atoms with E-state index in [1.54, 1.807) is 28.4 Å². The predicted octanol–water partition coefficient (Wildman–Crippen LogP) is 5.17. The van der Waals surface area contributed by atoms with Gasteiger partial charge in [0.2, 0.25) is 0 Å². The molecular weight excluding hydrogens is 416 g/mol. The van der Waals surface area contributed by atoms with Crippen LogP contribution in [0.1, 0.15) is 11.1 Å². The number of nitrogens with zero attached hydrogens (tertiary/aromatic N) is 1. The molecule has 0 fully saturated rings. The fourth-order valence-corrected chi connectivity index (χ4v) is 3.71. The van der Waals surface area contributed by atoms with E-state index in [1.165, 1.54) is 0 Å². The number of benzene rings is 3. The molecule has 0 bridgehead atoms. The van der Waals surface area contributed by atoms with Crippen LogP contribution in [0.25, 0.3) is 11.8 Å². The highest BCUT2D eigenvalue weighted by Gasteiger charge is 2.24. The van der Waals surface area contributed by atoms with Crippen molar-refractivity contribution in [1.29, 1.82) is 0 Å². The van der Waals surface area contributed by atoms with Gasteiger partial charge in [0.05, 0.1) is 45.9 Å². The lowest BCUT2D eigenvalue weighted by atomic mass is 10.1. The van der Waals surface area contributed by atoms with Crippen molar-refractivity contribution in [3.05, 3.63) is 90.0 Å². The molecule has 0 radical (unpaired) electrons. The Hall–Kier alpha value is -3.90. The SMILES string of the molecule is COc1cc(C=CC2C=C(c3cc(OC)cc(OC)c3)N(c3ccccc3)N2)cc(OC)c1. The number of methoxy groups -OCH3 is 4. The van der Waals surface area contributed by atoms with Crippen molar-refractivity contribution in [2.45, 2.75) is 6.04 Å². The van der Waals surface area contributed by atoms with E-state index in [2.05, 4.69) is 40.8 Å². The summed E-state index contributed by atoms with van der Waals surface area (Å²) in [5.74, 6) is 2.97. The minimum atomic E-state index is -0.0328. The van der Waals surface area contributed by atoms with Crippen molar-refractivity contribution in [2.24, 2.45) is 0 Å². The first-order chi connectivity index (χ1) is 16.1. The molecule has 6 nitrogen and oxygen atoms in total. The molecule has 6 heteroatoms. The van der Waals surface area contributed by atoms with Crippen molar-refractivity contribution in [2.75, 3.05) is 33.4 Å².